The molecule has 5 heteroatoms. The molecular formula is C13H22N2S3. The summed E-state index contributed by atoms with van der Waals surface area (Å²) >= 11 is 6.07. The standard InChI is InChI=1S/C13H22N2S3/c1-8(2)14-7-11-9(3)15-13(18-11)12-10(4)16-5-6-17-12/h8,10,12,14H,5-7H2,1-4H3. The summed E-state index contributed by atoms with van der Waals surface area (Å²) in [7, 11) is 0. The van der Waals surface area contributed by atoms with E-state index in [9.17, 15) is 0 Å². The highest BCUT2D eigenvalue weighted by Gasteiger charge is 2.27. The molecule has 0 aromatic carbocycles. The first-order valence-electron chi connectivity index (χ1n) is 6.50. The number of hydrogen-bond acceptors (Lipinski definition) is 5. The highest BCUT2D eigenvalue weighted by Crippen LogP contribution is 2.44. The molecule has 1 fully saturated rings. The Balaban J connectivity index is 2.07. The van der Waals surface area contributed by atoms with Crippen LogP contribution in [0.25, 0.3) is 0 Å². The van der Waals surface area contributed by atoms with Gasteiger partial charge in [0.05, 0.1) is 10.9 Å². The van der Waals surface area contributed by atoms with Crippen LogP contribution in [0.3, 0.4) is 0 Å². The van der Waals surface area contributed by atoms with Gasteiger partial charge in [0.2, 0.25) is 0 Å². The molecule has 0 aliphatic carbocycles. The van der Waals surface area contributed by atoms with Crippen LogP contribution < -0.4 is 5.32 Å². The topological polar surface area (TPSA) is 24.9 Å². The van der Waals surface area contributed by atoms with Gasteiger partial charge in [0.1, 0.15) is 5.01 Å². The normalized spacial score (nSPS) is 24.7. The van der Waals surface area contributed by atoms with Crippen molar-refractivity contribution in [2.45, 2.75) is 50.8 Å². The summed E-state index contributed by atoms with van der Waals surface area (Å²) in [6, 6.07) is 0.536. The lowest BCUT2D eigenvalue weighted by molar-refractivity contribution is 0.591. The summed E-state index contributed by atoms with van der Waals surface area (Å²) in [5, 5.41) is 6.11. The maximum Gasteiger partial charge on any atom is 0.107 e. The smallest absolute Gasteiger partial charge is 0.107 e. The van der Waals surface area contributed by atoms with E-state index in [1.165, 1.54) is 27.1 Å². The molecule has 2 heterocycles. The number of thiazole rings is 1. The fraction of sp³-hybridized carbons (Fsp3) is 0.769. The molecule has 1 aromatic rings. The van der Waals surface area contributed by atoms with Crippen molar-refractivity contribution in [2.24, 2.45) is 0 Å². The lowest BCUT2D eigenvalue weighted by atomic mass is 10.3. The average molecular weight is 303 g/mol. The predicted molar refractivity (Wildman–Crippen MR) is 85.9 cm³/mol. The summed E-state index contributed by atoms with van der Waals surface area (Å²) in [5.41, 5.74) is 1.21. The summed E-state index contributed by atoms with van der Waals surface area (Å²) in [6.45, 7) is 9.81. The van der Waals surface area contributed by atoms with E-state index >= 15 is 0 Å². The number of aryl methyl sites for hydroxylation is 1. The van der Waals surface area contributed by atoms with E-state index in [-0.39, 0.29) is 0 Å². The van der Waals surface area contributed by atoms with Gasteiger partial charge in [-0.05, 0) is 6.92 Å². The largest absolute Gasteiger partial charge is 0.310 e. The van der Waals surface area contributed by atoms with Crippen LogP contribution >= 0.6 is 34.9 Å². The van der Waals surface area contributed by atoms with E-state index in [1.54, 1.807) is 0 Å². The molecule has 18 heavy (non-hydrogen) atoms. The van der Waals surface area contributed by atoms with Crippen molar-refractivity contribution in [1.82, 2.24) is 10.3 Å². The number of nitrogens with one attached hydrogen (secondary N) is 1. The van der Waals surface area contributed by atoms with Gasteiger partial charge in [-0.15, -0.1) is 23.1 Å². The van der Waals surface area contributed by atoms with Crippen LogP contribution in [0.15, 0.2) is 0 Å². The van der Waals surface area contributed by atoms with Crippen LogP contribution in [-0.2, 0) is 6.54 Å². The number of nitrogens with zero attached hydrogens (tertiary/aromatic N) is 1. The van der Waals surface area contributed by atoms with Gasteiger partial charge in [-0.25, -0.2) is 4.98 Å². The van der Waals surface area contributed by atoms with E-state index in [4.69, 9.17) is 4.98 Å². The summed E-state index contributed by atoms with van der Waals surface area (Å²) < 4.78 is 0. The Kier molecular flexibility index (Phi) is 5.42. The molecule has 1 saturated heterocycles. The first kappa shape index (κ1) is 14.7. The van der Waals surface area contributed by atoms with Crippen LogP contribution in [-0.4, -0.2) is 27.8 Å². The quantitative estimate of drug-likeness (QED) is 0.913. The van der Waals surface area contributed by atoms with Crippen LogP contribution in [0.1, 0.15) is 41.6 Å². The van der Waals surface area contributed by atoms with Gasteiger partial charge in [-0.2, -0.15) is 11.8 Å². The number of hydrogen-bond donors (Lipinski definition) is 1. The first-order chi connectivity index (χ1) is 8.58. The highest BCUT2D eigenvalue weighted by atomic mass is 32.2. The third-order valence-corrected chi connectivity index (χ3v) is 7.50. The van der Waals surface area contributed by atoms with E-state index in [0.29, 0.717) is 16.5 Å². The highest BCUT2D eigenvalue weighted by molar-refractivity contribution is 8.06. The van der Waals surface area contributed by atoms with E-state index < -0.39 is 0 Å². The molecule has 1 aromatic heterocycles. The molecule has 2 rings (SSSR count). The van der Waals surface area contributed by atoms with Crippen molar-refractivity contribution in [1.29, 1.82) is 0 Å². The minimum absolute atomic E-state index is 0.536. The van der Waals surface area contributed by atoms with Gasteiger partial charge in [0.25, 0.3) is 0 Å². The Labute approximate surface area is 123 Å². The molecule has 2 atom stereocenters. The third-order valence-electron chi connectivity index (χ3n) is 3.01. The zero-order valence-electron chi connectivity index (χ0n) is 11.5. The first-order valence-corrected chi connectivity index (χ1v) is 9.42. The van der Waals surface area contributed by atoms with Gasteiger partial charge < -0.3 is 5.32 Å². The second-order valence-corrected chi connectivity index (χ2v) is 8.81. The molecule has 102 valence electrons. The van der Waals surface area contributed by atoms with Gasteiger partial charge in [0, 0.05) is 34.2 Å². The molecule has 0 amide bonds. The van der Waals surface area contributed by atoms with E-state index in [2.05, 4.69) is 56.5 Å². The minimum atomic E-state index is 0.536. The number of thioether (sulfide) groups is 2. The molecule has 2 nitrogen and oxygen atoms in total. The van der Waals surface area contributed by atoms with Crippen molar-refractivity contribution in [3.05, 3.63) is 15.6 Å². The lowest BCUT2D eigenvalue weighted by Gasteiger charge is -2.25. The fourth-order valence-electron chi connectivity index (χ4n) is 1.94. The summed E-state index contributed by atoms with van der Waals surface area (Å²) in [4.78, 5) is 6.21. The van der Waals surface area contributed by atoms with Gasteiger partial charge in [0.15, 0.2) is 0 Å². The molecule has 0 saturated carbocycles. The van der Waals surface area contributed by atoms with Crippen molar-refractivity contribution in [3.63, 3.8) is 0 Å². The minimum Gasteiger partial charge on any atom is -0.310 e. The Morgan fingerprint density at radius 3 is 2.72 bits per heavy atom. The van der Waals surface area contributed by atoms with Gasteiger partial charge in [-0.1, -0.05) is 20.8 Å². The predicted octanol–water partition coefficient (Wildman–Crippen LogP) is 3.86. The van der Waals surface area contributed by atoms with Crippen molar-refractivity contribution in [3.8, 4) is 0 Å². The van der Waals surface area contributed by atoms with Crippen LogP contribution in [0, 0.1) is 6.92 Å². The Hall–Kier alpha value is 0.290. The molecule has 1 aliphatic rings. The Bertz CT molecular complexity index is 390. The second kappa shape index (κ2) is 6.64. The van der Waals surface area contributed by atoms with Crippen LogP contribution in [0.2, 0.25) is 0 Å². The summed E-state index contributed by atoms with van der Waals surface area (Å²) in [6.07, 6.45) is 0. The Morgan fingerprint density at radius 2 is 2.06 bits per heavy atom. The maximum absolute atomic E-state index is 4.81. The molecule has 1 aliphatic heterocycles. The SMILES string of the molecule is Cc1nc(C2SCCSC2C)sc1CNC(C)C. The molecule has 1 N–H and O–H groups in total. The molecule has 0 radical (unpaired) electrons. The van der Waals surface area contributed by atoms with Gasteiger partial charge >= 0.3 is 0 Å². The zero-order valence-corrected chi connectivity index (χ0v) is 14.0. The van der Waals surface area contributed by atoms with Crippen LogP contribution in [0.4, 0.5) is 0 Å². The van der Waals surface area contributed by atoms with Crippen molar-refractivity contribution >= 4 is 34.9 Å². The average Bonchev–Trinajstić information content (AvgIpc) is 2.68. The lowest BCUT2D eigenvalue weighted by Crippen LogP contribution is -2.21. The molecule has 2 unspecified atom stereocenters. The monoisotopic (exact) mass is 302 g/mol. The van der Waals surface area contributed by atoms with Gasteiger partial charge in [-0.3, -0.25) is 0 Å². The fourth-order valence-corrected chi connectivity index (χ4v) is 6.11. The van der Waals surface area contributed by atoms with Crippen molar-refractivity contribution < 1.29 is 0 Å². The molecule has 0 spiro atoms. The van der Waals surface area contributed by atoms with Crippen LogP contribution in [0.5, 0.6) is 0 Å². The maximum atomic E-state index is 4.81. The van der Waals surface area contributed by atoms with E-state index in [0.717, 1.165) is 6.54 Å². The number of rotatable bonds is 4. The zero-order chi connectivity index (χ0) is 13.1. The Morgan fingerprint density at radius 1 is 1.33 bits per heavy atom. The molecule has 0 bridgehead atoms. The molecular weight excluding hydrogens is 280 g/mol. The van der Waals surface area contributed by atoms with Crippen molar-refractivity contribution in [2.75, 3.05) is 11.5 Å². The second-order valence-electron chi connectivity index (χ2n) is 4.96. The number of aromatic nitrogens is 1. The summed E-state index contributed by atoms with van der Waals surface area (Å²) in [5.74, 6) is 2.55. The third kappa shape index (κ3) is 3.65. The van der Waals surface area contributed by atoms with E-state index in [1.807, 2.05) is 11.3 Å².